The fraction of sp³-hybridized carbons (Fsp3) is 0.438. The zero-order chi connectivity index (χ0) is 16.8. The number of carbonyl (C=O) groups excluding carboxylic acids is 1. The van der Waals surface area contributed by atoms with E-state index in [0.29, 0.717) is 18.5 Å². The van der Waals surface area contributed by atoms with Crippen molar-refractivity contribution in [1.29, 1.82) is 0 Å². The quantitative estimate of drug-likeness (QED) is 0.753. The first-order chi connectivity index (χ1) is 11.5. The number of rotatable bonds is 4. The summed E-state index contributed by atoms with van der Waals surface area (Å²) in [5.74, 6) is 0.0979. The minimum absolute atomic E-state index is 0.131. The van der Waals surface area contributed by atoms with Gasteiger partial charge in [-0.05, 0) is 25.7 Å². The van der Waals surface area contributed by atoms with E-state index < -0.39 is 0 Å². The monoisotopic (exact) mass is 345 g/mol. The van der Waals surface area contributed by atoms with Crippen LogP contribution in [0.1, 0.15) is 40.6 Å². The normalized spacial score (nSPS) is 21.6. The van der Waals surface area contributed by atoms with Gasteiger partial charge in [0, 0.05) is 30.4 Å². The summed E-state index contributed by atoms with van der Waals surface area (Å²) in [7, 11) is 1.86. The third-order valence-corrected chi connectivity index (χ3v) is 5.39. The zero-order valence-electron chi connectivity index (χ0n) is 13.5. The summed E-state index contributed by atoms with van der Waals surface area (Å²) in [5, 5.41) is 18.8. The summed E-state index contributed by atoms with van der Waals surface area (Å²) in [4.78, 5) is 18.0. The van der Waals surface area contributed by atoms with Crippen molar-refractivity contribution < 1.29 is 9.90 Å². The van der Waals surface area contributed by atoms with Gasteiger partial charge in [0.25, 0.3) is 5.91 Å². The molecule has 0 radical (unpaired) electrons. The van der Waals surface area contributed by atoms with Crippen molar-refractivity contribution in [2.24, 2.45) is 13.0 Å². The van der Waals surface area contributed by atoms with Gasteiger partial charge in [0.15, 0.2) is 4.96 Å². The van der Waals surface area contributed by atoms with Crippen LogP contribution >= 0.6 is 11.3 Å². The molecule has 1 amide bonds. The lowest BCUT2D eigenvalue weighted by Gasteiger charge is -2.37. The number of aliphatic hydroxyl groups is 1. The highest BCUT2D eigenvalue weighted by molar-refractivity contribution is 7.15. The molecule has 0 aromatic carbocycles. The Bertz CT molecular complexity index is 889. The van der Waals surface area contributed by atoms with Crippen molar-refractivity contribution in [1.82, 2.24) is 24.5 Å². The number of imidazole rings is 1. The molecule has 1 saturated carbocycles. The third-order valence-electron chi connectivity index (χ3n) is 4.55. The molecule has 3 aromatic rings. The average Bonchev–Trinajstić information content (AvgIpc) is 3.17. The van der Waals surface area contributed by atoms with Crippen LogP contribution in [-0.2, 0) is 7.05 Å². The molecule has 3 heterocycles. The first-order valence-corrected chi connectivity index (χ1v) is 8.80. The van der Waals surface area contributed by atoms with Crippen molar-refractivity contribution in [3.8, 4) is 0 Å². The number of carbonyl (C=O) groups is 1. The molecule has 0 aliphatic heterocycles. The van der Waals surface area contributed by atoms with E-state index in [4.69, 9.17) is 0 Å². The van der Waals surface area contributed by atoms with Crippen molar-refractivity contribution in [3.63, 3.8) is 0 Å². The summed E-state index contributed by atoms with van der Waals surface area (Å²) in [5.41, 5.74) is 2.45. The molecule has 2 N–H and O–H groups in total. The van der Waals surface area contributed by atoms with Crippen LogP contribution in [-0.4, -0.2) is 36.3 Å². The van der Waals surface area contributed by atoms with E-state index in [1.807, 2.05) is 36.1 Å². The SMILES string of the molecule is Cc1cn2c(C(=O)NC(c3cnn(C)c3)C3CC(O)C3)csc2n1. The van der Waals surface area contributed by atoms with Crippen LogP contribution < -0.4 is 5.32 Å². The first kappa shape index (κ1) is 15.3. The second kappa shape index (κ2) is 5.71. The van der Waals surface area contributed by atoms with E-state index in [1.165, 1.54) is 11.3 Å². The summed E-state index contributed by atoms with van der Waals surface area (Å²) < 4.78 is 3.55. The highest BCUT2D eigenvalue weighted by Crippen LogP contribution is 2.38. The Morgan fingerprint density at radius 1 is 1.46 bits per heavy atom. The largest absolute Gasteiger partial charge is 0.393 e. The molecule has 1 fully saturated rings. The van der Waals surface area contributed by atoms with Crippen LogP contribution in [0.25, 0.3) is 4.96 Å². The van der Waals surface area contributed by atoms with Gasteiger partial charge >= 0.3 is 0 Å². The van der Waals surface area contributed by atoms with E-state index in [-0.39, 0.29) is 24.0 Å². The molecule has 0 spiro atoms. The maximum absolute atomic E-state index is 12.8. The maximum Gasteiger partial charge on any atom is 0.269 e. The lowest BCUT2D eigenvalue weighted by atomic mass is 9.75. The Balaban J connectivity index is 1.60. The highest BCUT2D eigenvalue weighted by Gasteiger charge is 2.36. The van der Waals surface area contributed by atoms with Gasteiger partial charge in [-0.2, -0.15) is 5.10 Å². The molecule has 1 atom stereocenters. The predicted molar refractivity (Wildman–Crippen MR) is 90.0 cm³/mol. The molecule has 7 nitrogen and oxygen atoms in total. The number of nitrogens with zero attached hydrogens (tertiary/aromatic N) is 4. The Kier molecular flexibility index (Phi) is 3.65. The van der Waals surface area contributed by atoms with Gasteiger partial charge in [0.1, 0.15) is 5.69 Å². The predicted octanol–water partition coefficient (Wildman–Crippen LogP) is 1.68. The number of aliphatic hydroxyl groups excluding tert-OH is 1. The highest BCUT2D eigenvalue weighted by atomic mass is 32.1. The zero-order valence-corrected chi connectivity index (χ0v) is 14.3. The van der Waals surface area contributed by atoms with Gasteiger partial charge in [-0.15, -0.1) is 11.3 Å². The van der Waals surface area contributed by atoms with Gasteiger partial charge in [0.2, 0.25) is 0 Å². The van der Waals surface area contributed by atoms with Crippen LogP contribution in [0.4, 0.5) is 0 Å². The standard InChI is InChI=1S/C16H19N5O2S/c1-9-6-21-13(8-24-16(21)18-9)15(23)19-14(10-3-12(22)4-10)11-5-17-20(2)7-11/h5-8,10,12,14,22H,3-4H2,1-2H3,(H,19,23). The summed E-state index contributed by atoms with van der Waals surface area (Å²) in [6.07, 6.45) is 6.69. The molecule has 0 saturated heterocycles. The van der Waals surface area contributed by atoms with Crippen LogP contribution in [0.3, 0.4) is 0 Å². The smallest absolute Gasteiger partial charge is 0.269 e. The molecule has 0 bridgehead atoms. The summed E-state index contributed by atoms with van der Waals surface area (Å²) in [6.45, 7) is 1.91. The molecular formula is C16H19N5O2S. The molecule has 1 aliphatic carbocycles. The Hall–Kier alpha value is -2.19. The van der Waals surface area contributed by atoms with E-state index in [1.54, 1.807) is 10.9 Å². The Labute approximate surface area is 142 Å². The molecule has 24 heavy (non-hydrogen) atoms. The Morgan fingerprint density at radius 2 is 2.25 bits per heavy atom. The summed E-state index contributed by atoms with van der Waals surface area (Å²) >= 11 is 1.45. The fourth-order valence-corrected chi connectivity index (χ4v) is 4.15. The number of thiazole rings is 1. The lowest BCUT2D eigenvalue weighted by Crippen LogP contribution is -2.41. The van der Waals surface area contributed by atoms with Crippen molar-refractivity contribution in [2.45, 2.75) is 31.9 Å². The van der Waals surface area contributed by atoms with Crippen molar-refractivity contribution in [2.75, 3.05) is 0 Å². The van der Waals surface area contributed by atoms with Crippen LogP contribution in [0.5, 0.6) is 0 Å². The molecule has 1 unspecified atom stereocenters. The minimum Gasteiger partial charge on any atom is -0.393 e. The minimum atomic E-state index is -0.268. The molecule has 8 heteroatoms. The van der Waals surface area contributed by atoms with Crippen LogP contribution in [0, 0.1) is 12.8 Å². The van der Waals surface area contributed by atoms with E-state index >= 15 is 0 Å². The van der Waals surface area contributed by atoms with Crippen molar-refractivity contribution in [3.05, 3.63) is 40.9 Å². The van der Waals surface area contributed by atoms with Gasteiger partial charge in [-0.1, -0.05) is 0 Å². The molecule has 3 aromatic heterocycles. The van der Waals surface area contributed by atoms with E-state index in [0.717, 1.165) is 16.2 Å². The number of nitrogens with one attached hydrogen (secondary N) is 1. The van der Waals surface area contributed by atoms with Gasteiger partial charge in [-0.25, -0.2) is 4.98 Å². The maximum atomic E-state index is 12.8. The third kappa shape index (κ3) is 2.61. The lowest BCUT2D eigenvalue weighted by molar-refractivity contribution is 0.0234. The molecule has 1 aliphatic rings. The van der Waals surface area contributed by atoms with Gasteiger partial charge in [-0.3, -0.25) is 13.9 Å². The molecular weight excluding hydrogens is 326 g/mol. The number of hydrogen-bond donors (Lipinski definition) is 2. The topological polar surface area (TPSA) is 84.5 Å². The van der Waals surface area contributed by atoms with Gasteiger partial charge in [0.05, 0.1) is 24.0 Å². The second-order valence-electron chi connectivity index (χ2n) is 6.44. The number of aromatic nitrogens is 4. The van der Waals surface area contributed by atoms with Crippen LogP contribution in [0.15, 0.2) is 24.0 Å². The number of fused-ring (bicyclic) bond motifs is 1. The first-order valence-electron chi connectivity index (χ1n) is 7.92. The number of amides is 1. The average molecular weight is 345 g/mol. The fourth-order valence-electron chi connectivity index (χ4n) is 3.25. The number of hydrogen-bond acceptors (Lipinski definition) is 5. The second-order valence-corrected chi connectivity index (χ2v) is 7.28. The van der Waals surface area contributed by atoms with Crippen LogP contribution in [0.2, 0.25) is 0 Å². The molecule has 126 valence electrons. The Morgan fingerprint density at radius 3 is 2.92 bits per heavy atom. The molecule has 4 rings (SSSR count). The number of aryl methyl sites for hydroxylation is 2. The van der Waals surface area contributed by atoms with E-state index in [9.17, 15) is 9.90 Å². The van der Waals surface area contributed by atoms with Crippen molar-refractivity contribution >= 4 is 22.2 Å². The van der Waals surface area contributed by atoms with Gasteiger partial charge < -0.3 is 10.4 Å². The summed E-state index contributed by atoms with van der Waals surface area (Å²) in [6, 6.07) is -0.144. The van der Waals surface area contributed by atoms with E-state index in [2.05, 4.69) is 15.4 Å².